The molecular weight excluding hydrogens is 272 g/mol. The van der Waals surface area contributed by atoms with Crippen LogP contribution in [0.1, 0.15) is 11.7 Å². The van der Waals surface area contributed by atoms with Gasteiger partial charge in [0.1, 0.15) is 0 Å². The average Bonchev–Trinajstić information content (AvgIpc) is 2.86. The van der Waals surface area contributed by atoms with Crippen molar-refractivity contribution in [2.24, 2.45) is 0 Å². The Balaban J connectivity index is 1.81. The van der Waals surface area contributed by atoms with Crippen molar-refractivity contribution in [3.05, 3.63) is 64.6 Å². The molecule has 0 saturated heterocycles. The number of anilines is 1. The van der Waals surface area contributed by atoms with Crippen molar-refractivity contribution in [2.75, 3.05) is 5.32 Å². The Morgan fingerprint density at radius 2 is 1.95 bits per heavy atom. The molecule has 106 valence electrons. The maximum Gasteiger partial charge on any atom is 0.417 e. The highest BCUT2D eigenvalue weighted by Crippen LogP contribution is 2.19. The molecule has 0 saturated carbocycles. The number of aliphatic hydroxyl groups excluding tert-OH is 1. The summed E-state index contributed by atoms with van der Waals surface area (Å²) in [4.78, 5) is 25.6. The third kappa shape index (κ3) is 2.70. The highest BCUT2D eigenvalue weighted by Gasteiger charge is 2.17. The monoisotopic (exact) mass is 284 g/mol. The number of aromatic amines is 1. The Morgan fingerprint density at radius 1 is 1.19 bits per heavy atom. The van der Waals surface area contributed by atoms with Crippen LogP contribution in [0.3, 0.4) is 0 Å². The molecule has 0 radical (unpaired) electrons. The summed E-state index contributed by atoms with van der Waals surface area (Å²) < 4.78 is 4.87. The summed E-state index contributed by atoms with van der Waals surface area (Å²) >= 11 is 0. The maximum absolute atomic E-state index is 12.0. The number of benzene rings is 2. The van der Waals surface area contributed by atoms with Crippen LogP contribution < -0.4 is 11.1 Å². The molecule has 3 aromatic rings. The van der Waals surface area contributed by atoms with Gasteiger partial charge < -0.3 is 14.8 Å². The van der Waals surface area contributed by atoms with Gasteiger partial charge in [-0.3, -0.25) is 9.78 Å². The Bertz CT molecular complexity index is 836. The fourth-order valence-corrected chi connectivity index (χ4v) is 2.03. The minimum atomic E-state index is -1.26. The van der Waals surface area contributed by atoms with Gasteiger partial charge in [0, 0.05) is 5.69 Å². The number of nitrogens with one attached hydrogen (secondary N) is 2. The number of oxazole rings is 1. The van der Waals surface area contributed by atoms with Crippen LogP contribution in [0, 0.1) is 0 Å². The lowest BCUT2D eigenvalue weighted by atomic mass is 10.1. The van der Waals surface area contributed by atoms with Crippen molar-refractivity contribution >= 4 is 22.7 Å². The van der Waals surface area contributed by atoms with E-state index in [4.69, 9.17) is 4.42 Å². The molecule has 21 heavy (non-hydrogen) atoms. The quantitative estimate of drug-likeness (QED) is 0.683. The second-order valence-electron chi connectivity index (χ2n) is 4.53. The third-order valence-corrected chi connectivity index (χ3v) is 3.05. The Morgan fingerprint density at radius 3 is 2.71 bits per heavy atom. The number of aromatic nitrogens is 1. The van der Waals surface area contributed by atoms with E-state index in [9.17, 15) is 14.7 Å². The molecule has 1 heterocycles. The molecule has 2 aromatic carbocycles. The van der Waals surface area contributed by atoms with Crippen molar-refractivity contribution in [3.63, 3.8) is 0 Å². The van der Waals surface area contributed by atoms with E-state index < -0.39 is 17.8 Å². The molecule has 6 nitrogen and oxygen atoms in total. The van der Waals surface area contributed by atoms with E-state index in [1.165, 1.54) is 0 Å². The number of carbonyl (C=O) groups is 1. The van der Waals surface area contributed by atoms with Crippen LogP contribution in [0.4, 0.5) is 5.69 Å². The van der Waals surface area contributed by atoms with Crippen LogP contribution in [0.5, 0.6) is 0 Å². The number of rotatable bonds is 3. The predicted molar refractivity (Wildman–Crippen MR) is 76.9 cm³/mol. The summed E-state index contributed by atoms with van der Waals surface area (Å²) in [5, 5.41) is 12.6. The van der Waals surface area contributed by atoms with Crippen LogP contribution >= 0.6 is 0 Å². The molecule has 3 N–H and O–H groups in total. The van der Waals surface area contributed by atoms with Crippen molar-refractivity contribution in [1.82, 2.24) is 4.98 Å². The number of carbonyl (C=O) groups excluding carboxylic acids is 1. The number of fused-ring (bicyclic) bond motifs is 1. The fourth-order valence-electron chi connectivity index (χ4n) is 2.03. The lowest BCUT2D eigenvalue weighted by Crippen LogP contribution is -2.20. The highest BCUT2D eigenvalue weighted by molar-refractivity contribution is 5.96. The van der Waals surface area contributed by atoms with E-state index in [1.54, 1.807) is 48.5 Å². The minimum absolute atomic E-state index is 0.404. The zero-order valence-corrected chi connectivity index (χ0v) is 10.9. The van der Waals surface area contributed by atoms with Crippen molar-refractivity contribution in [1.29, 1.82) is 0 Å². The van der Waals surface area contributed by atoms with Crippen LogP contribution in [-0.2, 0) is 4.79 Å². The van der Waals surface area contributed by atoms with Crippen molar-refractivity contribution < 1.29 is 14.3 Å². The first kappa shape index (κ1) is 13.1. The van der Waals surface area contributed by atoms with Crippen LogP contribution in [0.25, 0.3) is 11.1 Å². The molecule has 0 aliphatic carbocycles. The lowest BCUT2D eigenvalue weighted by molar-refractivity contribution is -0.124. The van der Waals surface area contributed by atoms with Gasteiger partial charge in [-0.25, -0.2) is 4.79 Å². The second-order valence-corrected chi connectivity index (χ2v) is 4.53. The number of hydrogen-bond donors (Lipinski definition) is 3. The van der Waals surface area contributed by atoms with E-state index in [0.29, 0.717) is 22.4 Å². The Labute approximate surface area is 119 Å². The van der Waals surface area contributed by atoms with Crippen LogP contribution in [0.2, 0.25) is 0 Å². The first-order valence-corrected chi connectivity index (χ1v) is 6.30. The molecule has 1 amide bonds. The average molecular weight is 284 g/mol. The normalized spacial score (nSPS) is 12.2. The van der Waals surface area contributed by atoms with Crippen LogP contribution in [0.15, 0.2) is 57.7 Å². The molecule has 1 aromatic heterocycles. The van der Waals surface area contributed by atoms with E-state index in [2.05, 4.69) is 10.3 Å². The van der Waals surface area contributed by atoms with Gasteiger partial charge in [0.2, 0.25) is 0 Å². The summed E-state index contributed by atoms with van der Waals surface area (Å²) in [6.45, 7) is 0. The van der Waals surface area contributed by atoms with Gasteiger partial charge in [-0.2, -0.15) is 0 Å². The van der Waals surface area contributed by atoms with Gasteiger partial charge >= 0.3 is 5.76 Å². The summed E-state index contributed by atoms with van der Waals surface area (Å²) in [7, 11) is 0. The zero-order chi connectivity index (χ0) is 14.8. The predicted octanol–water partition coefficient (Wildman–Crippen LogP) is 1.79. The number of aliphatic hydroxyl groups is 1. The van der Waals surface area contributed by atoms with Gasteiger partial charge in [-0.05, 0) is 23.8 Å². The SMILES string of the molecule is O=C(Nc1ccc2oc(=O)[nH]c2c1)C(O)c1ccccc1. The third-order valence-electron chi connectivity index (χ3n) is 3.05. The smallest absolute Gasteiger partial charge is 0.408 e. The number of hydrogen-bond acceptors (Lipinski definition) is 4. The summed E-state index contributed by atoms with van der Waals surface area (Å²) in [6.07, 6.45) is -1.26. The van der Waals surface area contributed by atoms with E-state index >= 15 is 0 Å². The van der Waals surface area contributed by atoms with Crippen molar-refractivity contribution in [2.45, 2.75) is 6.10 Å². The van der Waals surface area contributed by atoms with Gasteiger partial charge in [0.25, 0.3) is 5.91 Å². The second kappa shape index (κ2) is 5.26. The molecule has 0 aliphatic rings. The Hall–Kier alpha value is -2.86. The maximum atomic E-state index is 12.0. The van der Waals surface area contributed by atoms with Gasteiger partial charge in [-0.15, -0.1) is 0 Å². The molecule has 0 aliphatic heterocycles. The molecular formula is C15H12N2O4. The molecule has 3 rings (SSSR count). The lowest BCUT2D eigenvalue weighted by Gasteiger charge is -2.11. The highest BCUT2D eigenvalue weighted by atomic mass is 16.4. The Kier molecular flexibility index (Phi) is 3.29. The molecule has 1 unspecified atom stereocenters. The molecule has 0 spiro atoms. The van der Waals surface area contributed by atoms with Crippen molar-refractivity contribution in [3.8, 4) is 0 Å². The van der Waals surface area contributed by atoms with Gasteiger partial charge in [0.05, 0.1) is 5.52 Å². The molecule has 0 bridgehead atoms. The van der Waals surface area contributed by atoms with Gasteiger partial charge in [0.15, 0.2) is 11.7 Å². The molecule has 1 atom stereocenters. The van der Waals surface area contributed by atoms with E-state index in [-0.39, 0.29) is 0 Å². The van der Waals surface area contributed by atoms with E-state index in [1.807, 2.05) is 0 Å². The zero-order valence-electron chi connectivity index (χ0n) is 10.9. The largest absolute Gasteiger partial charge is 0.417 e. The topological polar surface area (TPSA) is 95.3 Å². The van der Waals surface area contributed by atoms with E-state index in [0.717, 1.165) is 0 Å². The minimum Gasteiger partial charge on any atom is -0.408 e. The summed E-state index contributed by atoms with van der Waals surface area (Å²) in [5.41, 5.74) is 1.85. The van der Waals surface area contributed by atoms with Gasteiger partial charge in [-0.1, -0.05) is 30.3 Å². The number of amides is 1. The standard InChI is InChI=1S/C15H12N2O4/c18-13(9-4-2-1-3-5-9)14(19)16-10-6-7-12-11(8-10)17-15(20)21-12/h1-8,13,18H,(H,16,19)(H,17,20). The molecule has 0 fully saturated rings. The molecule has 6 heteroatoms. The first-order chi connectivity index (χ1) is 10.1. The summed E-state index contributed by atoms with van der Waals surface area (Å²) in [6, 6.07) is 13.4. The summed E-state index contributed by atoms with van der Waals surface area (Å²) in [5.74, 6) is -1.11. The number of H-pyrrole nitrogens is 1. The first-order valence-electron chi connectivity index (χ1n) is 6.30. The fraction of sp³-hybridized carbons (Fsp3) is 0.0667. The van der Waals surface area contributed by atoms with Crippen LogP contribution in [-0.4, -0.2) is 16.0 Å².